The molecule has 5 rings (SSSR count). The predicted octanol–water partition coefficient (Wildman–Crippen LogP) is 4.09. The molecule has 7 nitrogen and oxygen atoms in total. The Labute approximate surface area is 221 Å². The smallest absolute Gasteiger partial charge is 0.308 e. The standard InChI is InChI=1S/C29H34N2O5S/c1-3-15-30(21-12-11-19-9-5-6-10-20(19)18-21)26(34)24-29-14-13-28(2,37-29)23(27(35)36)22(29)25(33)31(24)16-7-4-8-17-32/h3,5-6,9-12,18,22-24,32H,1,4,7-8,13-17H2,2H3,(H,35,36)/t22-,23+,24?,28-,29?/m0/s1. The van der Waals surface area contributed by atoms with E-state index in [4.69, 9.17) is 0 Å². The molecule has 0 saturated carbocycles. The van der Waals surface area contributed by atoms with E-state index in [0.717, 1.165) is 22.9 Å². The van der Waals surface area contributed by atoms with Crippen LogP contribution in [0, 0.1) is 11.8 Å². The fraction of sp³-hybridized carbons (Fsp3) is 0.483. The molecule has 2 N–H and O–H groups in total. The second-order valence-corrected chi connectivity index (χ2v) is 12.5. The van der Waals surface area contributed by atoms with Crippen molar-refractivity contribution >= 4 is 46.0 Å². The topological polar surface area (TPSA) is 98.2 Å². The number of likely N-dealkylation sites (tertiary alicyclic amines) is 1. The molecule has 5 atom stereocenters. The van der Waals surface area contributed by atoms with Gasteiger partial charge in [0.2, 0.25) is 5.91 Å². The van der Waals surface area contributed by atoms with E-state index in [2.05, 4.69) is 6.58 Å². The van der Waals surface area contributed by atoms with Gasteiger partial charge in [0, 0.05) is 30.1 Å². The molecular formula is C29H34N2O5S. The lowest BCUT2D eigenvalue weighted by molar-refractivity contribution is -0.150. The number of benzene rings is 2. The second kappa shape index (κ2) is 9.80. The van der Waals surface area contributed by atoms with Crippen molar-refractivity contribution in [3.63, 3.8) is 0 Å². The second-order valence-electron chi connectivity index (χ2n) is 10.7. The number of nitrogens with zero attached hydrogens (tertiary/aromatic N) is 2. The molecule has 196 valence electrons. The van der Waals surface area contributed by atoms with Crippen molar-refractivity contribution in [3.05, 3.63) is 55.1 Å². The van der Waals surface area contributed by atoms with Crippen LogP contribution < -0.4 is 4.90 Å². The van der Waals surface area contributed by atoms with Crippen LogP contribution in [0.15, 0.2) is 55.1 Å². The number of aliphatic hydroxyl groups excluding tert-OH is 1. The van der Waals surface area contributed by atoms with E-state index in [9.17, 15) is 24.6 Å². The number of rotatable bonds is 10. The molecule has 8 heteroatoms. The molecule has 0 radical (unpaired) electrons. The lowest BCUT2D eigenvalue weighted by atomic mass is 9.66. The molecule has 0 aliphatic carbocycles. The number of carboxylic acid groups (broad SMARTS) is 1. The highest BCUT2D eigenvalue weighted by atomic mass is 32.2. The maximum atomic E-state index is 14.5. The van der Waals surface area contributed by atoms with Crippen LogP contribution in [-0.4, -0.2) is 68.1 Å². The van der Waals surface area contributed by atoms with Crippen LogP contribution in [-0.2, 0) is 14.4 Å². The highest BCUT2D eigenvalue weighted by Gasteiger charge is 2.77. The number of thioether (sulfide) groups is 1. The lowest BCUT2D eigenvalue weighted by Gasteiger charge is -2.37. The lowest BCUT2D eigenvalue weighted by Crippen LogP contribution is -2.55. The SMILES string of the molecule is C=CCN(C(=O)C1N(CCCCCO)C(=O)[C@@H]2[C@H](C(=O)O)[C@]3(C)CCC12S3)c1ccc2ccccc2c1. The van der Waals surface area contributed by atoms with Crippen LogP contribution in [0.3, 0.4) is 0 Å². The minimum Gasteiger partial charge on any atom is -0.481 e. The first-order valence-corrected chi connectivity index (χ1v) is 13.8. The molecule has 3 aliphatic rings. The van der Waals surface area contributed by atoms with Crippen molar-refractivity contribution in [2.75, 3.05) is 24.6 Å². The maximum Gasteiger partial charge on any atom is 0.308 e. The van der Waals surface area contributed by atoms with Crippen molar-refractivity contribution in [1.82, 2.24) is 4.90 Å². The summed E-state index contributed by atoms with van der Waals surface area (Å²) in [4.78, 5) is 44.2. The van der Waals surface area contributed by atoms with E-state index < -0.39 is 33.3 Å². The molecule has 2 unspecified atom stereocenters. The minimum absolute atomic E-state index is 0.0766. The number of amides is 2. The molecule has 37 heavy (non-hydrogen) atoms. The predicted molar refractivity (Wildman–Crippen MR) is 146 cm³/mol. The summed E-state index contributed by atoms with van der Waals surface area (Å²) in [5.41, 5.74) is 0.731. The third-order valence-corrected chi connectivity index (χ3v) is 10.4. The largest absolute Gasteiger partial charge is 0.481 e. The monoisotopic (exact) mass is 522 g/mol. The van der Waals surface area contributed by atoms with Gasteiger partial charge in [0.05, 0.1) is 16.6 Å². The molecule has 2 aromatic rings. The van der Waals surface area contributed by atoms with Gasteiger partial charge in [0.25, 0.3) is 5.91 Å². The van der Waals surface area contributed by atoms with E-state index in [-0.39, 0.29) is 25.0 Å². The fourth-order valence-corrected chi connectivity index (χ4v) is 9.18. The fourth-order valence-electron chi connectivity index (χ4n) is 6.84. The highest BCUT2D eigenvalue weighted by Crippen LogP contribution is 2.71. The summed E-state index contributed by atoms with van der Waals surface area (Å²) in [5.74, 6) is -2.90. The quantitative estimate of drug-likeness (QED) is 0.360. The van der Waals surface area contributed by atoms with E-state index >= 15 is 0 Å². The Morgan fingerprint density at radius 1 is 1.16 bits per heavy atom. The van der Waals surface area contributed by atoms with Gasteiger partial charge in [-0.15, -0.1) is 18.3 Å². The molecule has 2 amide bonds. The first-order valence-electron chi connectivity index (χ1n) is 13.0. The molecule has 3 aliphatic heterocycles. The summed E-state index contributed by atoms with van der Waals surface area (Å²) in [5, 5.41) is 21.5. The number of carbonyl (C=O) groups excluding carboxylic acids is 2. The highest BCUT2D eigenvalue weighted by molar-refractivity contribution is 8.02. The first-order chi connectivity index (χ1) is 17.8. The average Bonchev–Trinajstić information content (AvgIpc) is 3.45. The Kier molecular flexibility index (Phi) is 6.83. The van der Waals surface area contributed by atoms with Gasteiger partial charge in [0.1, 0.15) is 6.04 Å². The van der Waals surface area contributed by atoms with Gasteiger partial charge in [-0.25, -0.2) is 0 Å². The number of hydrogen-bond acceptors (Lipinski definition) is 5. The summed E-state index contributed by atoms with van der Waals surface area (Å²) < 4.78 is -1.33. The Hall–Kier alpha value is -2.84. The molecule has 3 fully saturated rings. The number of aliphatic hydroxyl groups is 1. The van der Waals surface area contributed by atoms with Gasteiger partial charge in [-0.3, -0.25) is 14.4 Å². The first kappa shape index (κ1) is 25.8. The molecular weight excluding hydrogens is 488 g/mol. The van der Waals surface area contributed by atoms with Crippen molar-refractivity contribution in [3.8, 4) is 0 Å². The third kappa shape index (κ3) is 4.05. The van der Waals surface area contributed by atoms with Gasteiger partial charge in [-0.2, -0.15) is 0 Å². The summed E-state index contributed by atoms with van der Waals surface area (Å²) in [6.45, 7) is 6.55. The summed E-state index contributed by atoms with van der Waals surface area (Å²) in [6, 6.07) is 13.1. The molecule has 2 aromatic carbocycles. The van der Waals surface area contributed by atoms with Gasteiger partial charge in [-0.05, 0) is 61.9 Å². The Morgan fingerprint density at radius 2 is 1.92 bits per heavy atom. The Balaban J connectivity index is 1.56. The van der Waals surface area contributed by atoms with Crippen molar-refractivity contribution in [2.45, 2.75) is 54.6 Å². The number of unbranched alkanes of at least 4 members (excludes halogenated alkanes) is 2. The number of anilines is 1. The third-order valence-electron chi connectivity index (χ3n) is 8.46. The zero-order valence-corrected chi connectivity index (χ0v) is 22.0. The van der Waals surface area contributed by atoms with Crippen molar-refractivity contribution < 1.29 is 24.6 Å². The normalized spacial score (nSPS) is 30.1. The van der Waals surface area contributed by atoms with E-state index in [1.54, 1.807) is 27.6 Å². The summed E-state index contributed by atoms with van der Waals surface area (Å²) in [6.07, 6.45) is 4.99. The Morgan fingerprint density at radius 3 is 2.62 bits per heavy atom. The van der Waals surface area contributed by atoms with Gasteiger partial charge in [-0.1, -0.05) is 36.4 Å². The van der Waals surface area contributed by atoms with Crippen LogP contribution in [0.1, 0.15) is 39.0 Å². The number of aliphatic carboxylic acids is 1. The van der Waals surface area contributed by atoms with Crippen LogP contribution in [0.5, 0.6) is 0 Å². The Bertz CT molecular complexity index is 1250. The van der Waals surface area contributed by atoms with Gasteiger partial charge < -0.3 is 20.0 Å². The maximum absolute atomic E-state index is 14.5. The van der Waals surface area contributed by atoms with E-state index in [1.807, 2.05) is 49.4 Å². The summed E-state index contributed by atoms with van der Waals surface area (Å²) in [7, 11) is 0. The van der Waals surface area contributed by atoms with Crippen LogP contribution in [0.2, 0.25) is 0 Å². The van der Waals surface area contributed by atoms with Gasteiger partial charge >= 0.3 is 5.97 Å². The van der Waals surface area contributed by atoms with Crippen LogP contribution in [0.4, 0.5) is 5.69 Å². The zero-order chi connectivity index (χ0) is 26.4. The zero-order valence-electron chi connectivity index (χ0n) is 21.1. The van der Waals surface area contributed by atoms with Crippen molar-refractivity contribution in [1.29, 1.82) is 0 Å². The number of fused-ring (bicyclic) bond motifs is 2. The van der Waals surface area contributed by atoms with E-state index in [1.165, 1.54) is 0 Å². The van der Waals surface area contributed by atoms with Crippen LogP contribution in [0.25, 0.3) is 10.8 Å². The van der Waals surface area contributed by atoms with Crippen molar-refractivity contribution in [2.24, 2.45) is 11.8 Å². The molecule has 3 heterocycles. The van der Waals surface area contributed by atoms with Gasteiger partial charge in [0.15, 0.2) is 0 Å². The number of hydrogen-bond donors (Lipinski definition) is 2. The molecule has 3 saturated heterocycles. The number of carboxylic acids is 1. The van der Waals surface area contributed by atoms with Crippen LogP contribution >= 0.6 is 11.8 Å². The average molecular weight is 523 g/mol. The molecule has 1 spiro atoms. The molecule has 0 aromatic heterocycles. The minimum atomic E-state index is -0.958. The van der Waals surface area contributed by atoms with E-state index in [0.29, 0.717) is 32.2 Å². The molecule has 2 bridgehead atoms. The number of carbonyl (C=O) groups is 3. The summed E-state index contributed by atoms with van der Waals surface area (Å²) >= 11 is 1.55.